The molecule has 0 aliphatic rings. The number of nitrogens with zero attached hydrogens (tertiary/aromatic N) is 1. The molecule has 2 N–H and O–H groups in total. The Morgan fingerprint density at radius 3 is 3.00 bits per heavy atom. The fraction of sp³-hybridized carbons (Fsp3) is 0.444. The highest BCUT2D eigenvalue weighted by Gasteiger charge is 2.03. The predicted molar refractivity (Wildman–Crippen MR) is 56.2 cm³/mol. The van der Waals surface area contributed by atoms with Gasteiger partial charge in [0.15, 0.2) is 0 Å². The summed E-state index contributed by atoms with van der Waals surface area (Å²) in [5, 5.41) is 13.0. The molecule has 3 nitrogen and oxygen atoms in total. The largest absolute Gasteiger partial charge is 0.395 e. The van der Waals surface area contributed by atoms with Gasteiger partial charge in [0.2, 0.25) is 0 Å². The third-order valence-corrected chi connectivity index (χ3v) is 2.58. The van der Waals surface area contributed by atoms with Crippen LogP contribution in [-0.2, 0) is 0 Å². The zero-order valence-electron chi connectivity index (χ0n) is 7.82. The minimum atomic E-state index is 0.177. The van der Waals surface area contributed by atoms with Crippen molar-refractivity contribution in [3.05, 3.63) is 18.2 Å². The first-order chi connectivity index (χ1) is 6.26. The van der Waals surface area contributed by atoms with Crippen LogP contribution in [0, 0.1) is 0 Å². The molecule has 0 aromatic carbocycles. The molecule has 1 unspecified atom stereocenters. The summed E-state index contributed by atoms with van der Waals surface area (Å²) in [7, 11) is 1.84. The van der Waals surface area contributed by atoms with Gasteiger partial charge in [-0.05, 0) is 12.1 Å². The van der Waals surface area contributed by atoms with Crippen LogP contribution in [0.25, 0.3) is 0 Å². The topological polar surface area (TPSA) is 45.1 Å². The molecule has 0 saturated carbocycles. The molecular weight excluding hydrogens is 184 g/mol. The fourth-order valence-electron chi connectivity index (χ4n) is 0.863. The molecule has 0 amide bonds. The van der Waals surface area contributed by atoms with Gasteiger partial charge in [-0.15, -0.1) is 11.8 Å². The van der Waals surface area contributed by atoms with Crippen molar-refractivity contribution < 1.29 is 5.11 Å². The maximum atomic E-state index is 8.86. The van der Waals surface area contributed by atoms with Crippen molar-refractivity contribution in [1.82, 2.24) is 4.98 Å². The molecule has 1 rings (SSSR count). The second-order valence-electron chi connectivity index (χ2n) is 2.72. The molecule has 0 aliphatic heterocycles. The van der Waals surface area contributed by atoms with E-state index in [1.165, 1.54) is 0 Å². The number of aromatic nitrogens is 1. The molecule has 0 saturated heterocycles. The number of nitrogens with one attached hydrogen (secondary N) is 1. The average Bonchev–Trinajstić information content (AvgIpc) is 2.18. The summed E-state index contributed by atoms with van der Waals surface area (Å²) in [4.78, 5) is 4.32. The molecule has 0 bridgehead atoms. The normalized spacial score (nSPS) is 12.5. The van der Waals surface area contributed by atoms with Gasteiger partial charge in [0.25, 0.3) is 0 Å². The monoisotopic (exact) mass is 198 g/mol. The van der Waals surface area contributed by atoms with Gasteiger partial charge < -0.3 is 10.4 Å². The smallest absolute Gasteiger partial charge is 0.126 e. The minimum Gasteiger partial charge on any atom is -0.395 e. The molecule has 1 aromatic heterocycles. The van der Waals surface area contributed by atoms with E-state index in [1.807, 2.05) is 32.2 Å². The predicted octanol–water partition coefficient (Wildman–Crippen LogP) is 1.60. The Balaban J connectivity index is 2.66. The number of aliphatic hydroxyl groups is 1. The van der Waals surface area contributed by atoms with Crippen molar-refractivity contribution in [2.45, 2.75) is 17.2 Å². The first kappa shape index (κ1) is 10.3. The highest BCUT2D eigenvalue weighted by molar-refractivity contribution is 7.99. The number of pyridine rings is 1. The quantitative estimate of drug-likeness (QED) is 0.721. The van der Waals surface area contributed by atoms with Crippen molar-refractivity contribution in [3.63, 3.8) is 0 Å². The molecule has 72 valence electrons. The van der Waals surface area contributed by atoms with Crippen LogP contribution in [0.3, 0.4) is 0 Å². The molecule has 4 heteroatoms. The number of thioether (sulfide) groups is 1. The van der Waals surface area contributed by atoms with Crippen LogP contribution in [0.5, 0.6) is 0 Å². The number of hydrogen-bond donors (Lipinski definition) is 2. The van der Waals surface area contributed by atoms with E-state index in [4.69, 9.17) is 5.11 Å². The summed E-state index contributed by atoms with van der Waals surface area (Å²) in [6.07, 6.45) is 0. The SMILES string of the molecule is CNc1cccc(SC(C)CO)n1. The third kappa shape index (κ3) is 3.24. The number of rotatable bonds is 4. The fourth-order valence-corrected chi connectivity index (χ4v) is 1.66. The Kier molecular flexibility index (Phi) is 4.05. The van der Waals surface area contributed by atoms with Gasteiger partial charge in [0, 0.05) is 12.3 Å². The minimum absolute atomic E-state index is 0.177. The van der Waals surface area contributed by atoms with E-state index in [9.17, 15) is 0 Å². The van der Waals surface area contributed by atoms with Crippen molar-refractivity contribution in [3.8, 4) is 0 Å². The summed E-state index contributed by atoms with van der Waals surface area (Å²) >= 11 is 1.57. The Morgan fingerprint density at radius 2 is 2.38 bits per heavy atom. The first-order valence-electron chi connectivity index (χ1n) is 4.18. The summed E-state index contributed by atoms with van der Waals surface area (Å²) in [6, 6.07) is 5.80. The van der Waals surface area contributed by atoms with Crippen LogP contribution >= 0.6 is 11.8 Å². The van der Waals surface area contributed by atoms with E-state index in [1.54, 1.807) is 11.8 Å². The van der Waals surface area contributed by atoms with Crippen LogP contribution < -0.4 is 5.32 Å². The van der Waals surface area contributed by atoms with Crippen molar-refractivity contribution in [2.24, 2.45) is 0 Å². The Labute approximate surface area is 82.6 Å². The van der Waals surface area contributed by atoms with Gasteiger partial charge in [0.05, 0.1) is 11.6 Å². The van der Waals surface area contributed by atoms with E-state index >= 15 is 0 Å². The zero-order valence-corrected chi connectivity index (χ0v) is 8.64. The molecule has 0 fully saturated rings. The van der Waals surface area contributed by atoms with Gasteiger partial charge in [0.1, 0.15) is 5.82 Å². The van der Waals surface area contributed by atoms with Crippen LogP contribution in [0.15, 0.2) is 23.2 Å². The van der Waals surface area contributed by atoms with E-state index in [2.05, 4.69) is 10.3 Å². The van der Waals surface area contributed by atoms with Crippen LogP contribution in [0.2, 0.25) is 0 Å². The molecular formula is C9H14N2OS. The standard InChI is InChI=1S/C9H14N2OS/c1-7(6-12)13-9-5-3-4-8(10-2)11-9/h3-5,7,12H,6H2,1-2H3,(H,10,11). The highest BCUT2D eigenvalue weighted by Crippen LogP contribution is 2.21. The summed E-state index contributed by atoms with van der Waals surface area (Å²) in [5.74, 6) is 0.857. The van der Waals surface area contributed by atoms with Gasteiger partial charge >= 0.3 is 0 Å². The zero-order chi connectivity index (χ0) is 9.68. The number of anilines is 1. The second-order valence-corrected chi connectivity index (χ2v) is 4.18. The van der Waals surface area contributed by atoms with Crippen LogP contribution in [0.4, 0.5) is 5.82 Å². The average molecular weight is 198 g/mol. The summed E-state index contributed by atoms with van der Waals surface area (Å²) in [5.41, 5.74) is 0. The first-order valence-corrected chi connectivity index (χ1v) is 5.06. The molecule has 1 aromatic rings. The number of aliphatic hydroxyl groups excluding tert-OH is 1. The Hall–Kier alpha value is -0.740. The van der Waals surface area contributed by atoms with E-state index < -0.39 is 0 Å². The van der Waals surface area contributed by atoms with Gasteiger partial charge in [-0.2, -0.15) is 0 Å². The maximum Gasteiger partial charge on any atom is 0.126 e. The van der Waals surface area contributed by atoms with Gasteiger partial charge in [-0.1, -0.05) is 13.0 Å². The van der Waals surface area contributed by atoms with E-state index in [-0.39, 0.29) is 11.9 Å². The lowest BCUT2D eigenvalue weighted by molar-refractivity contribution is 0.300. The van der Waals surface area contributed by atoms with Crippen molar-refractivity contribution >= 4 is 17.6 Å². The second kappa shape index (κ2) is 5.09. The maximum absolute atomic E-state index is 8.86. The van der Waals surface area contributed by atoms with Crippen LogP contribution in [0.1, 0.15) is 6.92 Å². The molecule has 0 aliphatic carbocycles. The van der Waals surface area contributed by atoms with E-state index in [0.717, 1.165) is 10.8 Å². The Morgan fingerprint density at radius 1 is 1.62 bits per heavy atom. The third-order valence-electron chi connectivity index (χ3n) is 1.56. The molecule has 1 heterocycles. The lowest BCUT2D eigenvalue weighted by Crippen LogP contribution is -2.02. The van der Waals surface area contributed by atoms with E-state index in [0.29, 0.717) is 0 Å². The van der Waals surface area contributed by atoms with Gasteiger partial charge in [-0.25, -0.2) is 4.98 Å². The lowest BCUT2D eigenvalue weighted by Gasteiger charge is -2.07. The van der Waals surface area contributed by atoms with Gasteiger partial charge in [-0.3, -0.25) is 0 Å². The molecule has 1 atom stereocenters. The lowest BCUT2D eigenvalue weighted by atomic mass is 10.5. The highest BCUT2D eigenvalue weighted by atomic mass is 32.2. The summed E-state index contributed by atoms with van der Waals surface area (Å²) in [6.45, 7) is 2.15. The molecule has 13 heavy (non-hydrogen) atoms. The van der Waals surface area contributed by atoms with Crippen molar-refractivity contribution in [2.75, 3.05) is 19.0 Å². The number of hydrogen-bond acceptors (Lipinski definition) is 4. The van der Waals surface area contributed by atoms with Crippen molar-refractivity contribution in [1.29, 1.82) is 0 Å². The van der Waals surface area contributed by atoms with Crippen LogP contribution in [-0.4, -0.2) is 29.0 Å². The molecule has 0 spiro atoms. The summed E-state index contributed by atoms with van der Waals surface area (Å²) < 4.78 is 0. The molecule has 0 radical (unpaired) electrons. The Bertz CT molecular complexity index is 268.